The van der Waals surface area contributed by atoms with Gasteiger partial charge in [-0.2, -0.15) is 11.8 Å². The van der Waals surface area contributed by atoms with Crippen molar-refractivity contribution >= 4 is 17.7 Å². The molecule has 1 N–H and O–H groups in total. The number of aliphatic hydroxyl groups is 1. The second-order valence-electron chi connectivity index (χ2n) is 3.55. The summed E-state index contributed by atoms with van der Waals surface area (Å²) in [5.74, 6) is 1.86. The van der Waals surface area contributed by atoms with Crippen LogP contribution in [0.5, 0.6) is 0 Å². The molecule has 0 radical (unpaired) electrons. The number of hydrogen-bond donors (Lipinski definition) is 1. The first-order chi connectivity index (χ1) is 6.16. The van der Waals surface area contributed by atoms with Crippen LogP contribution in [0.4, 0.5) is 0 Å². The van der Waals surface area contributed by atoms with Gasteiger partial charge in [0.2, 0.25) is 0 Å². The highest BCUT2D eigenvalue weighted by Crippen LogP contribution is 2.30. The first kappa shape index (κ1) is 10.9. The summed E-state index contributed by atoms with van der Waals surface area (Å²) in [6.07, 6.45) is 0.0960. The standard InChI is InChI=1S/C9H16O3S/c1-6(2)8-7(9(11)12-8)5-13-4-3-10/h6-8,10H,3-5H2,1-2H3/t7-,8+/m1/s1. The molecule has 3 nitrogen and oxygen atoms in total. The van der Waals surface area contributed by atoms with E-state index < -0.39 is 0 Å². The van der Waals surface area contributed by atoms with Gasteiger partial charge in [0.25, 0.3) is 0 Å². The minimum Gasteiger partial charge on any atom is -0.461 e. The summed E-state index contributed by atoms with van der Waals surface area (Å²) < 4.78 is 5.03. The average Bonchev–Trinajstić information content (AvgIpc) is 2.07. The Bertz CT molecular complexity index is 182. The molecule has 4 heteroatoms. The van der Waals surface area contributed by atoms with Gasteiger partial charge in [-0.25, -0.2) is 0 Å². The Morgan fingerprint density at radius 3 is 2.77 bits per heavy atom. The van der Waals surface area contributed by atoms with Crippen molar-refractivity contribution in [2.75, 3.05) is 18.1 Å². The largest absolute Gasteiger partial charge is 0.461 e. The minimum atomic E-state index is -0.0795. The molecule has 0 aromatic carbocycles. The lowest BCUT2D eigenvalue weighted by molar-refractivity contribution is -0.187. The molecule has 0 aromatic heterocycles. The van der Waals surface area contributed by atoms with Crippen molar-refractivity contribution in [3.05, 3.63) is 0 Å². The summed E-state index contributed by atoms with van der Waals surface area (Å²) in [7, 11) is 0. The van der Waals surface area contributed by atoms with Crippen LogP contribution < -0.4 is 0 Å². The summed E-state index contributed by atoms with van der Waals surface area (Å²) in [5.41, 5.74) is 0. The smallest absolute Gasteiger partial charge is 0.313 e. The summed E-state index contributed by atoms with van der Waals surface area (Å²) in [6, 6.07) is 0. The Morgan fingerprint density at radius 2 is 2.31 bits per heavy atom. The number of carbonyl (C=O) groups is 1. The molecular weight excluding hydrogens is 188 g/mol. The number of aliphatic hydroxyl groups excluding tert-OH is 1. The summed E-state index contributed by atoms with van der Waals surface area (Å²) in [6.45, 7) is 4.29. The van der Waals surface area contributed by atoms with Crippen LogP contribution in [0.2, 0.25) is 0 Å². The molecule has 1 saturated heterocycles. The van der Waals surface area contributed by atoms with Crippen molar-refractivity contribution in [2.24, 2.45) is 11.8 Å². The fraction of sp³-hybridized carbons (Fsp3) is 0.889. The third-order valence-corrected chi connectivity index (χ3v) is 3.21. The Kier molecular flexibility index (Phi) is 4.06. The zero-order valence-electron chi connectivity index (χ0n) is 8.03. The second-order valence-corrected chi connectivity index (χ2v) is 4.70. The SMILES string of the molecule is CC(C)[C@@H]1OC(=O)[C@@H]1CSCCO. The molecule has 1 aliphatic rings. The molecule has 0 spiro atoms. The molecule has 76 valence electrons. The predicted octanol–water partition coefficient (Wildman–Crippen LogP) is 0.909. The van der Waals surface area contributed by atoms with E-state index >= 15 is 0 Å². The lowest BCUT2D eigenvalue weighted by Crippen LogP contribution is -2.49. The van der Waals surface area contributed by atoms with Gasteiger partial charge in [0.1, 0.15) is 12.0 Å². The molecule has 1 rings (SSSR count). The van der Waals surface area contributed by atoms with E-state index in [1.807, 2.05) is 0 Å². The highest BCUT2D eigenvalue weighted by Gasteiger charge is 2.43. The molecular formula is C9H16O3S. The monoisotopic (exact) mass is 204 g/mol. The summed E-state index contributed by atoms with van der Waals surface area (Å²) in [4.78, 5) is 11.0. The van der Waals surface area contributed by atoms with Gasteiger partial charge in [-0.15, -0.1) is 0 Å². The first-order valence-corrected chi connectivity index (χ1v) is 5.71. The van der Waals surface area contributed by atoms with Gasteiger partial charge in [0.15, 0.2) is 0 Å². The van der Waals surface area contributed by atoms with Gasteiger partial charge >= 0.3 is 5.97 Å². The van der Waals surface area contributed by atoms with Crippen LogP contribution in [0, 0.1) is 11.8 Å². The lowest BCUT2D eigenvalue weighted by Gasteiger charge is -2.37. The van der Waals surface area contributed by atoms with Gasteiger partial charge in [-0.1, -0.05) is 13.8 Å². The van der Waals surface area contributed by atoms with Crippen LogP contribution in [-0.4, -0.2) is 35.3 Å². The van der Waals surface area contributed by atoms with Gasteiger partial charge < -0.3 is 9.84 Å². The number of ether oxygens (including phenoxy) is 1. The zero-order chi connectivity index (χ0) is 9.84. The molecule has 0 aliphatic carbocycles. The maximum Gasteiger partial charge on any atom is 0.313 e. The van der Waals surface area contributed by atoms with E-state index in [1.165, 1.54) is 0 Å². The Balaban J connectivity index is 2.26. The Labute approximate surface area is 82.8 Å². The van der Waals surface area contributed by atoms with Gasteiger partial charge in [-0.3, -0.25) is 4.79 Å². The summed E-state index contributed by atoms with van der Waals surface area (Å²) in [5, 5.41) is 8.57. The highest BCUT2D eigenvalue weighted by molar-refractivity contribution is 7.99. The van der Waals surface area contributed by atoms with Crippen LogP contribution in [-0.2, 0) is 9.53 Å². The quantitative estimate of drug-likeness (QED) is 0.534. The normalized spacial score (nSPS) is 27.2. The molecule has 0 bridgehead atoms. The Hall–Kier alpha value is -0.220. The molecule has 2 atom stereocenters. The van der Waals surface area contributed by atoms with Crippen molar-refractivity contribution in [1.82, 2.24) is 0 Å². The molecule has 1 heterocycles. The van der Waals surface area contributed by atoms with Crippen molar-refractivity contribution in [2.45, 2.75) is 20.0 Å². The van der Waals surface area contributed by atoms with E-state index in [1.54, 1.807) is 11.8 Å². The van der Waals surface area contributed by atoms with Gasteiger partial charge in [-0.05, 0) is 5.92 Å². The fourth-order valence-electron chi connectivity index (χ4n) is 1.40. The van der Waals surface area contributed by atoms with Crippen LogP contribution in [0.15, 0.2) is 0 Å². The van der Waals surface area contributed by atoms with E-state index in [0.29, 0.717) is 11.7 Å². The van der Waals surface area contributed by atoms with E-state index in [2.05, 4.69) is 13.8 Å². The Morgan fingerprint density at radius 1 is 1.62 bits per heavy atom. The van der Waals surface area contributed by atoms with Crippen LogP contribution >= 0.6 is 11.8 Å². The number of thioether (sulfide) groups is 1. The number of hydrogen-bond acceptors (Lipinski definition) is 4. The van der Waals surface area contributed by atoms with E-state index in [9.17, 15) is 4.79 Å². The predicted molar refractivity (Wildman–Crippen MR) is 52.6 cm³/mol. The molecule has 13 heavy (non-hydrogen) atoms. The molecule has 0 unspecified atom stereocenters. The van der Waals surface area contributed by atoms with Crippen molar-refractivity contribution < 1.29 is 14.6 Å². The van der Waals surface area contributed by atoms with Crippen molar-refractivity contribution in [3.63, 3.8) is 0 Å². The number of rotatable bonds is 5. The van der Waals surface area contributed by atoms with Gasteiger partial charge in [0.05, 0.1) is 6.61 Å². The summed E-state index contributed by atoms with van der Waals surface area (Å²) >= 11 is 1.61. The van der Waals surface area contributed by atoms with Crippen LogP contribution in [0.3, 0.4) is 0 Å². The third kappa shape index (κ3) is 2.61. The van der Waals surface area contributed by atoms with Crippen LogP contribution in [0.1, 0.15) is 13.8 Å². The lowest BCUT2D eigenvalue weighted by atomic mass is 9.90. The first-order valence-electron chi connectivity index (χ1n) is 4.56. The highest BCUT2D eigenvalue weighted by atomic mass is 32.2. The fourth-order valence-corrected chi connectivity index (χ4v) is 2.28. The molecule has 1 fully saturated rings. The number of carbonyl (C=O) groups excluding carboxylic acids is 1. The van der Waals surface area contributed by atoms with Crippen molar-refractivity contribution in [1.29, 1.82) is 0 Å². The maximum absolute atomic E-state index is 11.0. The van der Waals surface area contributed by atoms with E-state index in [4.69, 9.17) is 9.84 Å². The molecule has 0 saturated carbocycles. The topological polar surface area (TPSA) is 46.5 Å². The molecule has 0 amide bonds. The minimum absolute atomic E-state index is 0.0524. The second kappa shape index (κ2) is 4.86. The van der Waals surface area contributed by atoms with Crippen molar-refractivity contribution in [3.8, 4) is 0 Å². The number of esters is 1. The molecule has 1 aliphatic heterocycles. The zero-order valence-corrected chi connectivity index (χ0v) is 8.84. The molecule has 0 aromatic rings. The third-order valence-electron chi connectivity index (χ3n) is 2.14. The maximum atomic E-state index is 11.0. The van der Waals surface area contributed by atoms with E-state index in [-0.39, 0.29) is 24.6 Å². The average molecular weight is 204 g/mol. The van der Waals surface area contributed by atoms with Crippen LogP contribution in [0.25, 0.3) is 0 Å². The van der Waals surface area contributed by atoms with E-state index in [0.717, 1.165) is 5.75 Å². The number of cyclic esters (lactones) is 1. The van der Waals surface area contributed by atoms with Gasteiger partial charge in [0, 0.05) is 11.5 Å².